The number of carbonyl (C=O) groups excluding carboxylic acids is 2. The lowest BCUT2D eigenvalue weighted by Gasteiger charge is -2.36. The second kappa shape index (κ2) is 9.82. The number of nitrogens with one attached hydrogen (secondary N) is 1. The number of halogens is 1. The van der Waals surface area contributed by atoms with Crippen molar-refractivity contribution >= 4 is 23.2 Å². The maximum atomic E-state index is 13.1. The molecule has 2 aliphatic heterocycles. The molecule has 2 aliphatic rings. The summed E-state index contributed by atoms with van der Waals surface area (Å²) < 4.78 is 18.2. The molecular weight excluding hydrogens is 411 g/mol. The van der Waals surface area contributed by atoms with Crippen LogP contribution in [0.15, 0.2) is 60.3 Å². The van der Waals surface area contributed by atoms with Crippen molar-refractivity contribution in [2.45, 2.75) is 6.42 Å². The number of piperazine rings is 1. The number of hydrogen-bond donors (Lipinski definition) is 1. The zero-order chi connectivity index (χ0) is 22.5. The van der Waals surface area contributed by atoms with Crippen molar-refractivity contribution in [1.29, 1.82) is 0 Å². The highest BCUT2D eigenvalue weighted by molar-refractivity contribution is 6.30. The van der Waals surface area contributed by atoms with E-state index in [0.29, 0.717) is 23.7 Å². The first-order valence-corrected chi connectivity index (χ1v) is 10.8. The molecule has 2 aromatic carbocycles. The molecule has 1 saturated heterocycles. The Kier molecular flexibility index (Phi) is 6.70. The third-order valence-corrected chi connectivity index (χ3v) is 5.78. The van der Waals surface area contributed by atoms with E-state index in [4.69, 9.17) is 4.74 Å². The van der Waals surface area contributed by atoms with Gasteiger partial charge < -0.3 is 15.0 Å². The quantitative estimate of drug-likeness (QED) is 0.504. The van der Waals surface area contributed by atoms with Gasteiger partial charge in [-0.1, -0.05) is 0 Å². The van der Waals surface area contributed by atoms with E-state index in [2.05, 4.69) is 15.1 Å². The van der Waals surface area contributed by atoms with Gasteiger partial charge in [0.15, 0.2) is 0 Å². The monoisotopic (exact) mass is 438 g/mol. The van der Waals surface area contributed by atoms with E-state index in [1.165, 1.54) is 18.2 Å². The third kappa shape index (κ3) is 4.91. The lowest BCUT2D eigenvalue weighted by molar-refractivity contribution is -0.120. The third-order valence-electron chi connectivity index (χ3n) is 5.78. The Morgan fingerprint density at radius 3 is 2.25 bits per heavy atom. The standard InChI is InChI=1S/C24H27FN4O3/c1-32-21-9-7-20(8-10-21)29-23(30)17-22(24(29)31)26-11-2-12-27-13-15-28(16-14-27)19-5-3-18(25)4-6-19/h3-10,17,26H,2,11-16H2,1H3. The first kappa shape index (κ1) is 21.8. The fourth-order valence-electron chi connectivity index (χ4n) is 3.98. The molecule has 4 rings (SSSR count). The molecule has 0 spiro atoms. The lowest BCUT2D eigenvalue weighted by atomic mass is 10.2. The summed E-state index contributed by atoms with van der Waals surface area (Å²) in [4.78, 5) is 30.8. The number of carbonyl (C=O) groups is 2. The first-order chi connectivity index (χ1) is 15.5. The number of anilines is 2. The molecule has 1 N–H and O–H groups in total. The molecular formula is C24H27FN4O3. The van der Waals surface area contributed by atoms with Crippen LogP contribution in [0, 0.1) is 5.82 Å². The number of imide groups is 1. The highest BCUT2D eigenvalue weighted by Crippen LogP contribution is 2.24. The zero-order valence-electron chi connectivity index (χ0n) is 18.1. The number of ether oxygens (including phenoxy) is 1. The maximum absolute atomic E-state index is 13.1. The van der Waals surface area contributed by atoms with E-state index in [1.54, 1.807) is 31.4 Å². The number of hydrogen-bond acceptors (Lipinski definition) is 6. The van der Waals surface area contributed by atoms with Gasteiger partial charge in [0, 0.05) is 44.5 Å². The largest absolute Gasteiger partial charge is 0.497 e. The van der Waals surface area contributed by atoms with Crippen molar-refractivity contribution in [2.75, 3.05) is 56.2 Å². The van der Waals surface area contributed by atoms with Crippen LogP contribution in [0.3, 0.4) is 0 Å². The van der Waals surface area contributed by atoms with Gasteiger partial charge in [-0.3, -0.25) is 14.5 Å². The van der Waals surface area contributed by atoms with E-state index in [1.807, 2.05) is 12.1 Å². The van der Waals surface area contributed by atoms with Crippen molar-refractivity contribution in [3.05, 3.63) is 66.1 Å². The van der Waals surface area contributed by atoms with Gasteiger partial charge >= 0.3 is 0 Å². The molecule has 2 heterocycles. The van der Waals surface area contributed by atoms with Gasteiger partial charge in [-0.2, -0.15) is 0 Å². The van der Waals surface area contributed by atoms with Crippen LogP contribution in [-0.4, -0.2) is 63.1 Å². The molecule has 0 unspecified atom stereocenters. The molecule has 0 bridgehead atoms. The Morgan fingerprint density at radius 2 is 1.59 bits per heavy atom. The number of benzene rings is 2. The van der Waals surface area contributed by atoms with E-state index < -0.39 is 0 Å². The van der Waals surface area contributed by atoms with Crippen LogP contribution in [0.25, 0.3) is 0 Å². The summed E-state index contributed by atoms with van der Waals surface area (Å²) in [6.45, 7) is 5.18. The van der Waals surface area contributed by atoms with E-state index >= 15 is 0 Å². The summed E-state index contributed by atoms with van der Waals surface area (Å²) in [7, 11) is 1.57. The van der Waals surface area contributed by atoms with Gasteiger partial charge in [-0.25, -0.2) is 9.29 Å². The Morgan fingerprint density at radius 1 is 0.938 bits per heavy atom. The molecule has 0 aliphatic carbocycles. The molecule has 0 saturated carbocycles. The van der Waals surface area contributed by atoms with Crippen molar-refractivity contribution in [3.8, 4) is 5.75 Å². The van der Waals surface area contributed by atoms with Gasteiger partial charge in [0.25, 0.3) is 11.8 Å². The van der Waals surface area contributed by atoms with Crippen LogP contribution >= 0.6 is 0 Å². The number of methoxy groups -OCH3 is 1. The highest BCUT2D eigenvalue weighted by Gasteiger charge is 2.32. The molecule has 8 heteroatoms. The fraction of sp³-hybridized carbons (Fsp3) is 0.333. The van der Waals surface area contributed by atoms with Gasteiger partial charge in [0.2, 0.25) is 0 Å². The summed E-state index contributed by atoms with van der Waals surface area (Å²) in [5.74, 6) is -0.241. The van der Waals surface area contributed by atoms with Gasteiger partial charge in [0.05, 0.1) is 12.8 Å². The Labute approximate surface area is 187 Å². The van der Waals surface area contributed by atoms with Crippen LogP contribution in [-0.2, 0) is 9.59 Å². The average Bonchev–Trinajstić information content (AvgIpc) is 3.10. The zero-order valence-corrected chi connectivity index (χ0v) is 18.1. The summed E-state index contributed by atoms with van der Waals surface area (Å²) in [6.07, 6.45) is 2.21. The Balaban J connectivity index is 1.20. The van der Waals surface area contributed by atoms with Gasteiger partial charge in [0.1, 0.15) is 17.3 Å². The normalized spacial score (nSPS) is 17.0. The molecule has 7 nitrogen and oxygen atoms in total. The minimum Gasteiger partial charge on any atom is -0.497 e. The van der Waals surface area contributed by atoms with Crippen LogP contribution in [0.5, 0.6) is 5.75 Å². The van der Waals surface area contributed by atoms with Crippen LogP contribution in [0.1, 0.15) is 6.42 Å². The number of amides is 2. The van der Waals surface area contributed by atoms with Crippen molar-refractivity contribution < 1.29 is 18.7 Å². The van der Waals surface area contributed by atoms with Crippen LogP contribution in [0.4, 0.5) is 15.8 Å². The minimum absolute atomic E-state index is 0.218. The predicted octanol–water partition coefficient (Wildman–Crippen LogP) is 2.39. The van der Waals surface area contributed by atoms with Crippen LogP contribution in [0.2, 0.25) is 0 Å². The van der Waals surface area contributed by atoms with E-state index in [9.17, 15) is 14.0 Å². The van der Waals surface area contributed by atoms with Crippen molar-refractivity contribution in [2.24, 2.45) is 0 Å². The molecule has 32 heavy (non-hydrogen) atoms. The van der Waals surface area contributed by atoms with Crippen LogP contribution < -0.4 is 19.9 Å². The van der Waals surface area contributed by atoms with Crippen molar-refractivity contribution in [1.82, 2.24) is 10.2 Å². The highest BCUT2D eigenvalue weighted by atomic mass is 19.1. The summed E-state index contributed by atoms with van der Waals surface area (Å²) in [6, 6.07) is 13.4. The number of nitrogens with zero attached hydrogens (tertiary/aromatic N) is 3. The summed E-state index contributed by atoms with van der Waals surface area (Å²) >= 11 is 0. The molecule has 2 aromatic rings. The van der Waals surface area contributed by atoms with E-state index in [0.717, 1.165) is 49.7 Å². The molecule has 1 fully saturated rings. The molecule has 168 valence electrons. The summed E-state index contributed by atoms with van der Waals surface area (Å²) in [5.41, 5.74) is 1.89. The maximum Gasteiger partial charge on any atom is 0.281 e. The van der Waals surface area contributed by atoms with Gasteiger partial charge in [-0.15, -0.1) is 0 Å². The van der Waals surface area contributed by atoms with E-state index in [-0.39, 0.29) is 17.6 Å². The fourth-order valence-corrected chi connectivity index (χ4v) is 3.98. The molecule has 0 radical (unpaired) electrons. The molecule has 2 amide bonds. The lowest BCUT2D eigenvalue weighted by Crippen LogP contribution is -2.47. The Bertz CT molecular complexity index is 983. The second-order valence-electron chi connectivity index (χ2n) is 7.82. The molecule has 0 aromatic heterocycles. The Hall–Kier alpha value is -3.39. The van der Waals surface area contributed by atoms with Gasteiger partial charge in [-0.05, 0) is 61.5 Å². The van der Waals surface area contributed by atoms with Crippen molar-refractivity contribution in [3.63, 3.8) is 0 Å². The smallest absolute Gasteiger partial charge is 0.281 e. The topological polar surface area (TPSA) is 65.1 Å². The average molecular weight is 439 g/mol. The SMILES string of the molecule is COc1ccc(N2C(=O)C=C(NCCCN3CCN(c4ccc(F)cc4)CC3)C2=O)cc1. The minimum atomic E-state index is -0.348. The first-order valence-electron chi connectivity index (χ1n) is 10.8. The molecule has 0 atom stereocenters. The number of rotatable bonds is 8. The predicted molar refractivity (Wildman–Crippen MR) is 121 cm³/mol. The second-order valence-corrected chi connectivity index (χ2v) is 7.82. The summed E-state index contributed by atoms with van der Waals surface area (Å²) in [5, 5.41) is 3.12.